The third-order valence-corrected chi connectivity index (χ3v) is 5.18. The van der Waals surface area contributed by atoms with Crippen molar-refractivity contribution in [1.29, 1.82) is 0 Å². The summed E-state index contributed by atoms with van der Waals surface area (Å²) in [5, 5.41) is 0. The molecule has 0 radical (unpaired) electrons. The highest BCUT2D eigenvalue weighted by atomic mass is 16.6. The van der Waals surface area contributed by atoms with E-state index in [2.05, 4.69) is 0 Å². The van der Waals surface area contributed by atoms with Gasteiger partial charge < -0.3 is 9.47 Å². The summed E-state index contributed by atoms with van der Waals surface area (Å²) in [5.41, 5.74) is 1.45. The van der Waals surface area contributed by atoms with Crippen molar-refractivity contribution in [1.82, 2.24) is 0 Å². The van der Waals surface area contributed by atoms with Gasteiger partial charge in [-0.3, -0.25) is 14.4 Å². The van der Waals surface area contributed by atoms with Gasteiger partial charge in [0.05, 0.1) is 6.61 Å². The van der Waals surface area contributed by atoms with E-state index >= 15 is 0 Å². The normalized spacial score (nSPS) is 25.4. The molecule has 152 valence electrons. The molecule has 1 fully saturated rings. The molecule has 1 aliphatic heterocycles. The fourth-order valence-electron chi connectivity index (χ4n) is 3.32. The molecule has 0 spiro atoms. The first-order chi connectivity index (χ1) is 12.7. The van der Waals surface area contributed by atoms with Crippen LogP contribution in [0.25, 0.3) is 0 Å². The lowest BCUT2D eigenvalue weighted by molar-refractivity contribution is -0.167. The van der Waals surface area contributed by atoms with Crippen LogP contribution >= 0.6 is 0 Å². The Morgan fingerprint density at radius 2 is 2.04 bits per heavy atom. The first-order valence-electron chi connectivity index (χ1n) is 9.78. The Labute approximate surface area is 163 Å². The molecule has 1 aliphatic rings. The number of ketones is 1. The molecule has 5 nitrogen and oxygen atoms in total. The lowest BCUT2D eigenvalue weighted by atomic mass is 9.87. The van der Waals surface area contributed by atoms with Crippen LogP contribution in [-0.4, -0.2) is 36.4 Å². The maximum absolute atomic E-state index is 12.2. The van der Waals surface area contributed by atoms with Crippen LogP contribution in [0.2, 0.25) is 0 Å². The Balaban J connectivity index is 2.70. The highest BCUT2D eigenvalue weighted by Gasteiger charge is 2.39. The zero-order valence-corrected chi connectivity index (χ0v) is 17.4. The third kappa shape index (κ3) is 8.21. The molecule has 2 unspecified atom stereocenters. The summed E-state index contributed by atoms with van der Waals surface area (Å²) in [6.07, 6.45) is 7.96. The van der Waals surface area contributed by atoms with Gasteiger partial charge in [0.15, 0.2) is 0 Å². The van der Waals surface area contributed by atoms with Crippen LogP contribution in [0.5, 0.6) is 0 Å². The van der Waals surface area contributed by atoms with Crippen LogP contribution in [0.15, 0.2) is 23.3 Å². The lowest BCUT2D eigenvalue weighted by Crippen LogP contribution is -2.43. The standard InChI is InChI=1S/C22H34O5/c1-16(2)8-10-20(25)17(3)7-6-13-22(5)21(27-18(4)24)11-9-19(12-14-23)15-26-22/h8,12,14,17,21H,6-7,9-11,13,15H2,1-5H3/t17?,21-,22?/m1/s1. The quantitative estimate of drug-likeness (QED) is 0.258. The minimum Gasteiger partial charge on any atom is -0.459 e. The van der Waals surface area contributed by atoms with E-state index in [-0.39, 0.29) is 23.8 Å². The number of allylic oxidation sites excluding steroid dienone is 3. The zero-order chi connectivity index (χ0) is 20.4. The van der Waals surface area contributed by atoms with E-state index in [0.29, 0.717) is 32.3 Å². The lowest BCUT2D eigenvalue weighted by Gasteiger charge is -2.35. The second-order valence-corrected chi connectivity index (χ2v) is 7.94. The monoisotopic (exact) mass is 378 g/mol. The van der Waals surface area contributed by atoms with Gasteiger partial charge >= 0.3 is 5.97 Å². The van der Waals surface area contributed by atoms with Gasteiger partial charge in [-0.05, 0) is 64.5 Å². The van der Waals surface area contributed by atoms with Crippen LogP contribution in [0.1, 0.15) is 73.1 Å². The molecule has 0 aromatic rings. The molecule has 0 aliphatic carbocycles. The molecule has 0 N–H and O–H groups in total. The largest absolute Gasteiger partial charge is 0.459 e. The Kier molecular flexibility index (Phi) is 9.64. The minimum atomic E-state index is -0.618. The Morgan fingerprint density at radius 1 is 1.33 bits per heavy atom. The molecular formula is C22H34O5. The van der Waals surface area contributed by atoms with Gasteiger partial charge in [0.25, 0.3) is 0 Å². The number of hydrogen-bond donors (Lipinski definition) is 0. The smallest absolute Gasteiger partial charge is 0.303 e. The maximum atomic E-state index is 12.2. The number of carbonyl (C=O) groups is 3. The minimum absolute atomic E-state index is 0.00678. The van der Waals surface area contributed by atoms with Crippen molar-refractivity contribution in [3.8, 4) is 0 Å². The molecule has 1 heterocycles. The SMILES string of the molecule is CC(=O)O[C@@H]1CCC(=CC=O)COC1(C)CCCC(C)C(=O)CC=C(C)C. The summed E-state index contributed by atoms with van der Waals surface area (Å²) in [5.74, 6) is -0.0912. The van der Waals surface area contributed by atoms with Gasteiger partial charge in [0, 0.05) is 19.3 Å². The van der Waals surface area contributed by atoms with Gasteiger partial charge in [-0.1, -0.05) is 18.6 Å². The van der Waals surface area contributed by atoms with E-state index in [1.54, 1.807) is 0 Å². The molecule has 0 bridgehead atoms. The molecule has 3 atom stereocenters. The summed E-state index contributed by atoms with van der Waals surface area (Å²) in [7, 11) is 0. The molecule has 0 aromatic heterocycles. The topological polar surface area (TPSA) is 69.7 Å². The Bertz CT molecular complexity index is 586. The summed E-state index contributed by atoms with van der Waals surface area (Å²) in [6.45, 7) is 9.67. The second-order valence-electron chi connectivity index (χ2n) is 7.94. The van der Waals surface area contributed by atoms with Crippen LogP contribution in [0.3, 0.4) is 0 Å². The molecule has 27 heavy (non-hydrogen) atoms. The third-order valence-electron chi connectivity index (χ3n) is 5.18. The van der Waals surface area contributed by atoms with Gasteiger partial charge in [-0.25, -0.2) is 0 Å². The summed E-state index contributed by atoms with van der Waals surface area (Å²) >= 11 is 0. The van der Waals surface area contributed by atoms with Crippen molar-refractivity contribution < 1.29 is 23.9 Å². The predicted molar refractivity (Wildman–Crippen MR) is 105 cm³/mol. The van der Waals surface area contributed by atoms with Gasteiger partial charge in [-0.15, -0.1) is 0 Å². The van der Waals surface area contributed by atoms with Crippen LogP contribution in [0, 0.1) is 5.92 Å². The summed E-state index contributed by atoms with van der Waals surface area (Å²) in [4.78, 5) is 34.5. The fraction of sp³-hybridized carbons (Fsp3) is 0.682. The summed E-state index contributed by atoms with van der Waals surface area (Å²) in [6, 6.07) is 0. The number of rotatable bonds is 9. The highest BCUT2D eigenvalue weighted by Crippen LogP contribution is 2.34. The molecule has 0 aromatic carbocycles. The van der Waals surface area contributed by atoms with Crippen LogP contribution < -0.4 is 0 Å². The van der Waals surface area contributed by atoms with Crippen LogP contribution in [-0.2, 0) is 23.9 Å². The zero-order valence-electron chi connectivity index (χ0n) is 17.4. The van der Waals surface area contributed by atoms with Crippen molar-refractivity contribution in [2.24, 2.45) is 5.92 Å². The molecule has 0 amide bonds. The molecule has 1 saturated heterocycles. The Hall–Kier alpha value is -1.75. The average molecular weight is 379 g/mol. The van der Waals surface area contributed by atoms with Gasteiger partial charge in [-0.2, -0.15) is 0 Å². The average Bonchev–Trinajstić information content (AvgIpc) is 2.73. The van der Waals surface area contributed by atoms with Crippen molar-refractivity contribution in [2.45, 2.75) is 84.8 Å². The van der Waals surface area contributed by atoms with Crippen molar-refractivity contribution in [2.75, 3.05) is 6.61 Å². The van der Waals surface area contributed by atoms with E-state index < -0.39 is 5.60 Å². The predicted octanol–water partition coefficient (Wildman–Crippen LogP) is 4.34. The number of hydrogen-bond acceptors (Lipinski definition) is 5. The van der Waals surface area contributed by atoms with Crippen molar-refractivity contribution in [3.63, 3.8) is 0 Å². The number of esters is 1. The highest BCUT2D eigenvalue weighted by molar-refractivity contribution is 5.82. The number of Topliss-reactive ketones (excluding diaryl/α,β-unsaturated/α-hetero) is 1. The summed E-state index contributed by atoms with van der Waals surface area (Å²) < 4.78 is 11.6. The number of ether oxygens (including phenoxy) is 2. The first kappa shape index (κ1) is 23.3. The van der Waals surface area contributed by atoms with Crippen molar-refractivity contribution >= 4 is 18.0 Å². The van der Waals surface area contributed by atoms with Gasteiger partial charge in [0.2, 0.25) is 0 Å². The van der Waals surface area contributed by atoms with Crippen LogP contribution in [0.4, 0.5) is 0 Å². The Morgan fingerprint density at radius 3 is 2.63 bits per heavy atom. The first-order valence-corrected chi connectivity index (χ1v) is 9.78. The van der Waals surface area contributed by atoms with E-state index in [4.69, 9.17) is 9.47 Å². The van der Waals surface area contributed by atoms with Crippen molar-refractivity contribution in [3.05, 3.63) is 23.3 Å². The molecule has 0 saturated carbocycles. The van der Waals surface area contributed by atoms with E-state index in [1.807, 2.05) is 33.8 Å². The maximum Gasteiger partial charge on any atom is 0.303 e. The van der Waals surface area contributed by atoms with E-state index in [0.717, 1.165) is 30.3 Å². The number of carbonyl (C=O) groups excluding carboxylic acids is 3. The molecule has 5 heteroatoms. The van der Waals surface area contributed by atoms with E-state index in [1.165, 1.54) is 13.0 Å². The van der Waals surface area contributed by atoms with E-state index in [9.17, 15) is 14.4 Å². The van der Waals surface area contributed by atoms with Gasteiger partial charge in [0.1, 0.15) is 23.8 Å². The second kappa shape index (κ2) is 11.2. The molecule has 1 rings (SSSR count). The number of aldehydes is 1. The fourth-order valence-corrected chi connectivity index (χ4v) is 3.32. The molecular weight excluding hydrogens is 344 g/mol.